The molecule has 0 saturated heterocycles. The molecule has 5 heteroatoms. The van der Waals surface area contributed by atoms with Gasteiger partial charge in [0.25, 0.3) is 0 Å². The Morgan fingerprint density at radius 3 is 1.89 bits per heavy atom. The number of benzene rings is 2. The maximum Gasteiger partial charge on any atom is 0.318 e. The number of carbonyl (C=O) groups is 2. The summed E-state index contributed by atoms with van der Waals surface area (Å²) >= 11 is 0. The third-order valence-electron chi connectivity index (χ3n) is 4.22. The number of unbranched alkanes of at least 4 members (excludes halogenated alkanes) is 2. The van der Waals surface area contributed by atoms with Crippen LogP contribution in [-0.2, 0) is 17.9 Å². The average Bonchev–Trinajstić information content (AvgIpc) is 2.70. The van der Waals surface area contributed by atoms with E-state index >= 15 is 0 Å². The van der Waals surface area contributed by atoms with Crippen molar-refractivity contribution >= 4 is 11.9 Å². The van der Waals surface area contributed by atoms with Crippen LogP contribution < -0.4 is 10.6 Å². The molecule has 27 heavy (non-hydrogen) atoms. The van der Waals surface area contributed by atoms with Crippen molar-refractivity contribution in [3.05, 3.63) is 71.8 Å². The molecule has 2 rings (SSSR count). The molecule has 0 aliphatic carbocycles. The van der Waals surface area contributed by atoms with Gasteiger partial charge in [-0.15, -0.1) is 0 Å². The zero-order valence-corrected chi connectivity index (χ0v) is 16.0. The molecular weight excluding hydrogens is 338 g/mol. The van der Waals surface area contributed by atoms with Gasteiger partial charge < -0.3 is 15.5 Å². The molecule has 0 spiro atoms. The van der Waals surface area contributed by atoms with Gasteiger partial charge in [0.2, 0.25) is 5.91 Å². The molecule has 0 heterocycles. The van der Waals surface area contributed by atoms with E-state index in [0.29, 0.717) is 19.6 Å². The number of carbonyl (C=O) groups excluding carboxylic acids is 2. The summed E-state index contributed by atoms with van der Waals surface area (Å²) in [5.74, 6) is -0.154. The Morgan fingerprint density at radius 1 is 0.815 bits per heavy atom. The Morgan fingerprint density at radius 2 is 1.37 bits per heavy atom. The zero-order valence-electron chi connectivity index (χ0n) is 16.0. The Balaban J connectivity index is 1.91. The highest BCUT2D eigenvalue weighted by atomic mass is 16.2. The van der Waals surface area contributed by atoms with Gasteiger partial charge in [0, 0.05) is 19.6 Å². The lowest BCUT2D eigenvalue weighted by molar-refractivity contribution is -0.120. The van der Waals surface area contributed by atoms with E-state index in [1.54, 1.807) is 4.90 Å². The van der Waals surface area contributed by atoms with Crippen LogP contribution in [0.1, 0.15) is 37.3 Å². The van der Waals surface area contributed by atoms with E-state index in [2.05, 4.69) is 17.6 Å². The summed E-state index contributed by atoms with van der Waals surface area (Å²) in [5, 5.41) is 5.58. The van der Waals surface area contributed by atoms with E-state index in [9.17, 15) is 9.59 Å². The highest BCUT2D eigenvalue weighted by Gasteiger charge is 2.15. The van der Waals surface area contributed by atoms with Crippen LogP contribution >= 0.6 is 0 Å². The van der Waals surface area contributed by atoms with Crippen molar-refractivity contribution in [3.8, 4) is 0 Å². The third-order valence-corrected chi connectivity index (χ3v) is 4.22. The molecular formula is C22H29N3O2. The largest absolute Gasteiger partial charge is 0.355 e. The molecule has 0 aliphatic rings. The first-order valence-electron chi connectivity index (χ1n) is 9.56. The Bertz CT molecular complexity index is 648. The molecule has 2 aromatic rings. The zero-order chi connectivity index (χ0) is 19.3. The molecule has 0 bridgehead atoms. The number of urea groups is 1. The molecule has 3 amide bonds. The molecule has 0 radical (unpaired) electrons. The number of hydrogen-bond acceptors (Lipinski definition) is 2. The molecule has 2 aromatic carbocycles. The number of amides is 3. The van der Waals surface area contributed by atoms with Gasteiger partial charge in [0.05, 0.1) is 6.54 Å². The fraction of sp³-hybridized carbons (Fsp3) is 0.364. The molecule has 0 aromatic heterocycles. The maximum atomic E-state index is 12.7. The second-order valence-electron chi connectivity index (χ2n) is 6.54. The first-order chi connectivity index (χ1) is 13.2. The van der Waals surface area contributed by atoms with E-state index in [-0.39, 0.29) is 18.5 Å². The molecule has 2 N–H and O–H groups in total. The Kier molecular flexibility index (Phi) is 8.90. The van der Waals surface area contributed by atoms with Gasteiger partial charge in [-0.1, -0.05) is 80.4 Å². The normalized spacial score (nSPS) is 10.3. The van der Waals surface area contributed by atoms with Crippen molar-refractivity contribution in [3.63, 3.8) is 0 Å². The van der Waals surface area contributed by atoms with Crippen LogP contribution in [0, 0.1) is 0 Å². The van der Waals surface area contributed by atoms with Crippen LogP contribution in [0.5, 0.6) is 0 Å². The second kappa shape index (κ2) is 11.7. The summed E-state index contributed by atoms with van der Waals surface area (Å²) in [7, 11) is 0. The number of nitrogens with one attached hydrogen (secondary N) is 2. The van der Waals surface area contributed by atoms with E-state index < -0.39 is 0 Å². The Labute approximate surface area is 161 Å². The summed E-state index contributed by atoms with van der Waals surface area (Å²) in [5.41, 5.74) is 2.10. The quantitative estimate of drug-likeness (QED) is 0.629. The van der Waals surface area contributed by atoms with E-state index in [4.69, 9.17) is 0 Å². The van der Waals surface area contributed by atoms with Gasteiger partial charge in [-0.2, -0.15) is 0 Å². The molecule has 0 aliphatic heterocycles. The molecule has 0 saturated carbocycles. The summed E-state index contributed by atoms with van der Waals surface area (Å²) in [6.45, 7) is 3.74. The van der Waals surface area contributed by atoms with Crippen molar-refractivity contribution in [2.45, 2.75) is 39.3 Å². The highest BCUT2D eigenvalue weighted by molar-refractivity contribution is 5.83. The van der Waals surface area contributed by atoms with Crippen molar-refractivity contribution in [2.24, 2.45) is 0 Å². The monoisotopic (exact) mass is 367 g/mol. The first kappa shape index (κ1) is 20.5. The van der Waals surface area contributed by atoms with Crippen LogP contribution in [-0.4, -0.2) is 29.9 Å². The lowest BCUT2D eigenvalue weighted by Gasteiger charge is -2.23. The molecule has 5 nitrogen and oxygen atoms in total. The lowest BCUT2D eigenvalue weighted by atomic mass is 10.2. The average molecular weight is 367 g/mol. The molecule has 144 valence electrons. The van der Waals surface area contributed by atoms with Gasteiger partial charge >= 0.3 is 6.03 Å². The highest BCUT2D eigenvalue weighted by Crippen LogP contribution is 2.10. The summed E-state index contributed by atoms with van der Waals surface area (Å²) in [6, 6.07) is 19.5. The van der Waals surface area contributed by atoms with E-state index in [1.807, 2.05) is 60.7 Å². The van der Waals surface area contributed by atoms with Crippen LogP contribution in [0.4, 0.5) is 4.79 Å². The Hall–Kier alpha value is -2.82. The minimum Gasteiger partial charge on any atom is -0.355 e. The summed E-state index contributed by atoms with van der Waals surface area (Å²) < 4.78 is 0. The van der Waals surface area contributed by atoms with Crippen molar-refractivity contribution in [1.29, 1.82) is 0 Å². The van der Waals surface area contributed by atoms with Crippen molar-refractivity contribution in [1.82, 2.24) is 15.5 Å². The molecule has 0 unspecified atom stereocenters. The standard InChI is InChI=1S/C22H29N3O2/c1-2-3-10-15-23-21(26)16-24-22(27)25(17-19-11-6-4-7-12-19)18-20-13-8-5-9-14-20/h4-9,11-14H,2-3,10,15-18H2,1H3,(H,23,26)(H,24,27). The van der Waals surface area contributed by atoms with E-state index in [1.165, 1.54) is 0 Å². The smallest absolute Gasteiger partial charge is 0.318 e. The summed E-state index contributed by atoms with van der Waals surface area (Å²) in [6.07, 6.45) is 3.17. The number of nitrogens with zero attached hydrogens (tertiary/aromatic N) is 1. The van der Waals surface area contributed by atoms with E-state index in [0.717, 1.165) is 30.4 Å². The van der Waals surface area contributed by atoms with Gasteiger partial charge in [0.1, 0.15) is 0 Å². The van der Waals surface area contributed by atoms with Crippen LogP contribution in [0.3, 0.4) is 0 Å². The van der Waals surface area contributed by atoms with Crippen molar-refractivity contribution < 1.29 is 9.59 Å². The minimum atomic E-state index is -0.244. The third kappa shape index (κ3) is 7.94. The molecule has 0 fully saturated rings. The molecule has 0 atom stereocenters. The van der Waals surface area contributed by atoms with Gasteiger partial charge in [-0.25, -0.2) is 4.79 Å². The number of hydrogen-bond donors (Lipinski definition) is 2. The van der Waals surface area contributed by atoms with Crippen LogP contribution in [0.25, 0.3) is 0 Å². The topological polar surface area (TPSA) is 61.4 Å². The predicted molar refractivity (Wildman–Crippen MR) is 108 cm³/mol. The maximum absolute atomic E-state index is 12.7. The minimum absolute atomic E-state index is 0.00889. The fourth-order valence-electron chi connectivity index (χ4n) is 2.74. The predicted octanol–water partition coefficient (Wildman–Crippen LogP) is 3.70. The summed E-state index contributed by atoms with van der Waals surface area (Å²) in [4.78, 5) is 26.3. The van der Waals surface area contributed by atoms with Gasteiger partial charge in [0.15, 0.2) is 0 Å². The first-order valence-corrected chi connectivity index (χ1v) is 9.56. The van der Waals surface area contributed by atoms with Gasteiger partial charge in [-0.05, 0) is 17.5 Å². The fourth-order valence-corrected chi connectivity index (χ4v) is 2.74. The number of rotatable bonds is 10. The van der Waals surface area contributed by atoms with Crippen molar-refractivity contribution in [2.75, 3.05) is 13.1 Å². The second-order valence-corrected chi connectivity index (χ2v) is 6.54. The van der Waals surface area contributed by atoms with Crippen LogP contribution in [0.15, 0.2) is 60.7 Å². The van der Waals surface area contributed by atoms with Gasteiger partial charge in [-0.3, -0.25) is 4.79 Å². The SMILES string of the molecule is CCCCCNC(=O)CNC(=O)N(Cc1ccccc1)Cc1ccccc1. The lowest BCUT2D eigenvalue weighted by Crippen LogP contribution is -2.44. The van der Waals surface area contributed by atoms with Crippen LogP contribution in [0.2, 0.25) is 0 Å².